The van der Waals surface area contributed by atoms with E-state index < -0.39 is 276 Å². The SMILES string of the molecule is CCCC[C@H](NC(=O)[C@H](CNC[C@H](O)[C@@H](O)[C@H](O)[C@H](O)CO)NC(=O)[C@H](Cc1c[nH]cn1)NC(=O)[C@H](CCC(N)=O)NC(=O)[C@H](CO)NC(=O)CNC(=O)COCCOCCNC(=O)CCCCCCCCCCCCCCCc1nnn[nH]1)C(=O)N[C@H]1CCC(=O)NCCCC[C@@H](C(C)=O)NC(=O)[C@H](Cc2c[nH]c3ccccc23)NC(=O)[C@H](CCCNC(=N)N)NC(=O)[C@@H](Cc2ccccc2)NC(=O)[C@@H]2C[C@@H](O)CN2C1=O. The third kappa shape index (κ3) is 45.3. The van der Waals surface area contributed by atoms with E-state index in [1.807, 2.05) is 12.1 Å². The van der Waals surface area contributed by atoms with E-state index in [2.05, 4.69) is 115 Å². The maximum atomic E-state index is 15.5. The van der Waals surface area contributed by atoms with Crippen molar-refractivity contribution in [2.75, 3.05) is 85.5 Å². The highest BCUT2D eigenvalue weighted by molar-refractivity contribution is 6.01. The highest BCUT2D eigenvalue weighted by atomic mass is 16.5. The van der Waals surface area contributed by atoms with Gasteiger partial charge < -0.3 is 151 Å². The number of nitrogens with two attached hydrogens (primary N) is 2. The fraction of sp³-hybridized carbons (Fsp3) is 0.639. The molecule has 0 bridgehead atoms. The first-order valence-corrected chi connectivity index (χ1v) is 50.9. The van der Waals surface area contributed by atoms with Crippen LogP contribution in [0.25, 0.3) is 10.9 Å². The van der Waals surface area contributed by atoms with Crippen molar-refractivity contribution in [3.05, 3.63) is 96.0 Å². The number of H-pyrrole nitrogens is 3. The number of para-hydroxylation sites is 1. The van der Waals surface area contributed by atoms with Gasteiger partial charge in [-0.25, -0.2) is 10.1 Å². The molecule has 820 valence electrons. The second kappa shape index (κ2) is 67.7. The van der Waals surface area contributed by atoms with Crippen molar-refractivity contribution in [2.45, 2.75) is 310 Å². The number of amides is 15. The quantitative estimate of drug-likeness (QED) is 0.00982. The molecule has 2 fully saturated rings. The zero-order chi connectivity index (χ0) is 108. The minimum atomic E-state index is -2.17. The number of benzene rings is 2. The van der Waals surface area contributed by atoms with Crippen LogP contribution in [0, 0.1) is 5.41 Å². The summed E-state index contributed by atoms with van der Waals surface area (Å²) in [6.07, 6.45) is 7.61. The van der Waals surface area contributed by atoms with Gasteiger partial charge in [0.1, 0.15) is 91.2 Å². The topological polar surface area (TPSA) is 792 Å². The number of aryl methyl sites for hydroxylation is 1. The summed E-state index contributed by atoms with van der Waals surface area (Å²) in [5, 5.41) is 135. The van der Waals surface area contributed by atoms with Crippen LogP contribution < -0.4 is 91.2 Å². The molecule has 51 nitrogen and oxygen atoms in total. The first-order valence-electron chi connectivity index (χ1n) is 50.9. The Labute approximate surface area is 857 Å². The number of tetrazole rings is 1. The van der Waals surface area contributed by atoms with E-state index in [-0.39, 0.29) is 109 Å². The molecule has 2 aliphatic heterocycles. The zero-order valence-corrected chi connectivity index (χ0v) is 84.1. The highest BCUT2D eigenvalue weighted by Gasteiger charge is 2.45. The van der Waals surface area contributed by atoms with Gasteiger partial charge in [-0.3, -0.25) is 82.1 Å². The van der Waals surface area contributed by atoms with Gasteiger partial charge in [-0.2, -0.15) is 0 Å². The predicted molar refractivity (Wildman–Crippen MR) is 535 cm³/mol. The monoisotopic (exact) mass is 2080 g/mol. The number of aliphatic hydroxyl groups excluding tert-OH is 7. The number of aromatic nitrogens is 7. The van der Waals surface area contributed by atoms with Crippen LogP contribution in [-0.2, 0) is 112 Å². The predicted octanol–water partition coefficient (Wildman–Crippen LogP) is -5.38. The van der Waals surface area contributed by atoms with E-state index in [9.17, 15) is 83.7 Å². The third-order valence-electron chi connectivity index (χ3n) is 25.2. The summed E-state index contributed by atoms with van der Waals surface area (Å²) >= 11 is 0. The van der Waals surface area contributed by atoms with Crippen molar-refractivity contribution in [1.82, 2.24) is 120 Å². The third-order valence-corrected chi connectivity index (χ3v) is 25.2. The fourth-order valence-corrected chi connectivity index (χ4v) is 16.8. The standard InChI is InChI=1S/C97H152N26O25/c1-3-4-29-67(87(137)114-70-36-38-82(132)103-39-24-23-30-65(59(2)126)110-91(141)72(46-61-49-106-66-31-22-21-28-64(61)66)115-88(138)68(32-25-40-105-97(99)100)111-90(140)71(45-60-26-17-16-18-27-60)117-95(145)76-48-63(127)54-123(76)96(70)146)112-93(143)74(51-101-52-77(128)85(135)86(136)78(129)56-125)118-92(142)73(47-62-50-102-58-108-62)116-89(139)69(35-37-79(98)130)113-94(144)75(55-124)109-83(133)53-107-84(134)57-148-44-43-147-42-41-104-81(131)34-20-15-13-11-9-7-5-6-8-10-12-14-19-33-80-119-121-122-120-80/h16-18,21-22,26-28,31,49-50,58,63,65,67-78,85-86,101,106,124-125,127-129,135-136H,3-15,19-20,23-25,29-30,32-48,51-57H2,1-2H3,(H2,98,130)(H,102,108)(H,103,132)(H,104,131)(H,107,134)(H,109,133)(H,110,141)(H,111,140)(H,112,143)(H,113,144)(H,114,137)(H,115,138)(H,116,139)(H,117,145)(H,118,142)(H4,99,100,105)(H,119,120,121,122)/t63-,65+,67+,68+,69+,70+,71-,72+,73+,74+,75+,76+,77+,78-,85-,86-/m1/s1. The summed E-state index contributed by atoms with van der Waals surface area (Å²) in [6, 6.07) is -2.57. The molecule has 2 aromatic carbocycles. The molecular formula is C97H152N26O25. The Bertz CT molecular complexity index is 4970. The largest absolute Gasteiger partial charge is 0.394 e. The Balaban J connectivity index is 1.03. The van der Waals surface area contributed by atoms with Crippen molar-refractivity contribution < 1.29 is 122 Å². The number of rotatable bonds is 63. The molecule has 51 heteroatoms. The van der Waals surface area contributed by atoms with Crippen LogP contribution in [0.15, 0.2) is 73.3 Å². The maximum Gasteiger partial charge on any atom is 0.246 e. The molecule has 0 saturated carbocycles. The lowest BCUT2D eigenvalue weighted by Gasteiger charge is -2.31. The van der Waals surface area contributed by atoms with Gasteiger partial charge in [-0.1, -0.05) is 139 Å². The molecule has 7 rings (SSSR count). The molecule has 30 N–H and O–H groups in total. The van der Waals surface area contributed by atoms with Gasteiger partial charge in [0.05, 0.1) is 69.9 Å². The van der Waals surface area contributed by atoms with Gasteiger partial charge >= 0.3 is 0 Å². The average Bonchev–Trinajstić information content (AvgIpc) is 1.66. The summed E-state index contributed by atoms with van der Waals surface area (Å²) in [7, 11) is 0. The van der Waals surface area contributed by atoms with Crippen molar-refractivity contribution in [1.29, 1.82) is 5.41 Å². The molecule has 148 heavy (non-hydrogen) atoms. The highest BCUT2D eigenvalue weighted by Crippen LogP contribution is 2.25. The number of hydrogen-bond acceptors (Lipinski definition) is 31. The summed E-state index contributed by atoms with van der Waals surface area (Å²) < 4.78 is 10.9. The molecule has 0 spiro atoms. The molecule has 16 atom stereocenters. The van der Waals surface area contributed by atoms with Crippen LogP contribution in [-0.4, -0.2) is 359 Å². The minimum absolute atomic E-state index is 0.0283. The molecule has 5 heterocycles. The normalized spacial score (nSPS) is 19.1. The number of ether oxygens (including phenoxy) is 2. The lowest BCUT2D eigenvalue weighted by molar-refractivity contribution is -0.143. The first kappa shape index (κ1) is 122. The number of carbonyl (C=O) groups excluding carboxylic acids is 16. The number of imidazole rings is 1. The number of unbranched alkanes of at least 4 members (excludes halogenated alkanes) is 13. The smallest absolute Gasteiger partial charge is 0.246 e. The van der Waals surface area contributed by atoms with Crippen LogP contribution >= 0.6 is 0 Å². The van der Waals surface area contributed by atoms with Crippen LogP contribution in [0.2, 0.25) is 0 Å². The Morgan fingerprint density at radius 3 is 1.88 bits per heavy atom. The van der Waals surface area contributed by atoms with Crippen LogP contribution in [0.1, 0.15) is 210 Å². The number of aromatic amines is 3. The van der Waals surface area contributed by atoms with Gasteiger partial charge in [0.15, 0.2) is 11.7 Å². The van der Waals surface area contributed by atoms with E-state index >= 15 is 28.8 Å². The number of guanidine groups is 1. The van der Waals surface area contributed by atoms with E-state index in [1.165, 1.54) is 70.8 Å². The summed E-state index contributed by atoms with van der Waals surface area (Å²) in [4.78, 5) is 239. The van der Waals surface area contributed by atoms with E-state index in [0.717, 1.165) is 60.2 Å². The van der Waals surface area contributed by atoms with Crippen LogP contribution in [0.4, 0.5) is 0 Å². The summed E-state index contributed by atoms with van der Waals surface area (Å²) in [6.45, 7) is -2.07. The number of aliphatic hydroxyl groups is 7. The number of hydrogen-bond donors (Lipinski definition) is 28. The number of carbonyl (C=O) groups is 16. The van der Waals surface area contributed by atoms with Crippen LogP contribution in [0.3, 0.4) is 0 Å². The molecule has 5 aromatic rings. The fourth-order valence-electron chi connectivity index (χ4n) is 16.8. The van der Waals surface area contributed by atoms with E-state index in [4.69, 9.17) is 26.4 Å². The molecular weight excluding hydrogens is 1930 g/mol. The Kier molecular flexibility index (Phi) is 55.7. The van der Waals surface area contributed by atoms with Gasteiger partial charge in [-0.15, -0.1) is 5.10 Å². The van der Waals surface area contributed by atoms with Gasteiger partial charge in [0.25, 0.3) is 0 Å². The molecule has 0 radical (unpaired) electrons. The van der Waals surface area contributed by atoms with E-state index in [0.29, 0.717) is 24.0 Å². The number of ketones is 1. The molecule has 15 amide bonds. The molecule has 2 saturated heterocycles. The molecule has 3 aromatic heterocycles. The van der Waals surface area contributed by atoms with Crippen molar-refractivity contribution in [2.24, 2.45) is 11.5 Å². The number of primary amides is 1. The second-order valence-corrected chi connectivity index (χ2v) is 37.1. The number of nitrogens with zero attached hydrogens (tertiary/aromatic N) is 5. The Morgan fingerprint density at radius 1 is 0.588 bits per heavy atom. The minimum Gasteiger partial charge on any atom is -0.394 e. The van der Waals surface area contributed by atoms with Crippen molar-refractivity contribution >= 4 is 111 Å². The first-order chi connectivity index (χ1) is 71.1. The Hall–Kier alpha value is -13.2. The average molecular weight is 2080 g/mol. The number of fused-ring (bicyclic) bond motifs is 2. The number of nitrogens with one attached hydrogen (secondary N) is 19. The lowest BCUT2D eigenvalue weighted by atomic mass is 10.0. The molecule has 0 unspecified atom stereocenters. The number of Topliss-reactive ketones (excluding diaryl/α,β-unsaturated/α-hetero) is 1. The Morgan fingerprint density at radius 2 is 1.21 bits per heavy atom. The van der Waals surface area contributed by atoms with Gasteiger partial charge in [0, 0.05) is 114 Å². The lowest BCUT2D eigenvalue weighted by Crippen LogP contribution is -2.62. The van der Waals surface area contributed by atoms with Crippen molar-refractivity contribution in [3.63, 3.8) is 0 Å². The van der Waals surface area contributed by atoms with Crippen LogP contribution in [0.5, 0.6) is 0 Å². The van der Waals surface area contributed by atoms with Gasteiger partial charge in [0.2, 0.25) is 88.6 Å². The van der Waals surface area contributed by atoms with E-state index in [1.54, 1.807) is 55.6 Å². The second-order valence-electron chi connectivity index (χ2n) is 37.1. The molecule has 0 aliphatic carbocycles. The summed E-state index contributed by atoms with van der Waals surface area (Å²) in [5.41, 5.74) is 13.0. The molecule has 2 aliphatic rings. The van der Waals surface area contributed by atoms with Crippen molar-refractivity contribution in [3.8, 4) is 0 Å². The zero-order valence-electron chi connectivity index (χ0n) is 84.1. The summed E-state index contributed by atoms with van der Waals surface area (Å²) in [5.74, 6) is -14.1. The maximum absolute atomic E-state index is 15.5. The van der Waals surface area contributed by atoms with Gasteiger partial charge in [-0.05, 0) is 98.8 Å².